The summed E-state index contributed by atoms with van der Waals surface area (Å²) in [6, 6.07) is 11.8. The first-order valence-corrected chi connectivity index (χ1v) is 8.20. The van der Waals surface area contributed by atoms with Gasteiger partial charge in [0.05, 0.1) is 6.61 Å². The molecule has 8 heteroatoms. The first-order chi connectivity index (χ1) is 13.0. The Morgan fingerprint density at radius 1 is 1.07 bits per heavy atom. The third-order valence-electron chi connectivity index (χ3n) is 3.29. The Morgan fingerprint density at radius 3 is 2.48 bits per heavy atom. The molecule has 0 spiro atoms. The Kier molecular flexibility index (Phi) is 7.30. The molecule has 27 heavy (non-hydrogen) atoms. The Balaban J connectivity index is 1.71. The number of ether oxygens (including phenoxy) is 2. The number of benzene rings is 2. The smallest absolute Gasteiger partial charge is 0.325 e. The van der Waals surface area contributed by atoms with Crippen molar-refractivity contribution in [3.05, 3.63) is 59.9 Å². The number of hydrogen-bond acceptors (Lipinski definition) is 5. The lowest BCUT2D eigenvalue weighted by Gasteiger charge is -2.08. The SMILES string of the molecule is CCOc1ccc(NC(=O)COC(=O)CNC(=O)c2cccc(F)c2)cc1. The van der Waals surface area contributed by atoms with E-state index in [-0.39, 0.29) is 5.56 Å². The highest BCUT2D eigenvalue weighted by Gasteiger charge is 2.11. The molecule has 0 aliphatic carbocycles. The summed E-state index contributed by atoms with van der Waals surface area (Å²) in [4.78, 5) is 35.2. The van der Waals surface area contributed by atoms with Gasteiger partial charge in [0.15, 0.2) is 6.61 Å². The predicted molar refractivity (Wildman–Crippen MR) is 95.9 cm³/mol. The molecule has 2 aromatic rings. The van der Waals surface area contributed by atoms with Crippen LogP contribution < -0.4 is 15.4 Å². The first kappa shape index (κ1) is 19.9. The fraction of sp³-hybridized carbons (Fsp3) is 0.211. The summed E-state index contributed by atoms with van der Waals surface area (Å²) in [7, 11) is 0. The summed E-state index contributed by atoms with van der Waals surface area (Å²) in [6.07, 6.45) is 0. The molecule has 0 atom stereocenters. The van der Waals surface area contributed by atoms with Crippen LogP contribution in [0, 0.1) is 5.82 Å². The van der Waals surface area contributed by atoms with Crippen molar-refractivity contribution in [2.75, 3.05) is 25.1 Å². The zero-order chi connectivity index (χ0) is 19.6. The lowest BCUT2D eigenvalue weighted by atomic mass is 10.2. The van der Waals surface area contributed by atoms with E-state index < -0.39 is 36.8 Å². The minimum Gasteiger partial charge on any atom is -0.494 e. The number of nitrogens with one attached hydrogen (secondary N) is 2. The molecule has 0 fully saturated rings. The lowest BCUT2D eigenvalue weighted by Crippen LogP contribution is -2.32. The highest BCUT2D eigenvalue weighted by atomic mass is 19.1. The summed E-state index contributed by atoms with van der Waals surface area (Å²) in [5.41, 5.74) is 0.606. The zero-order valence-corrected chi connectivity index (χ0v) is 14.7. The van der Waals surface area contributed by atoms with Crippen molar-refractivity contribution in [1.29, 1.82) is 0 Å². The van der Waals surface area contributed by atoms with E-state index in [2.05, 4.69) is 10.6 Å². The van der Waals surface area contributed by atoms with Gasteiger partial charge in [0.1, 0.15) is 18.1 Å². The average Bonchev–Trinajstić information content (AvgIpc) is 2.66. The maximum atomic E-state index is 13.1. The number of halogens is 1. The van der Waals surface area contributed by atoms with Gasteiger partial charge in [0.25, 0.3) is 11.8 Å². The van der Waals surface area contributed by atoms with E-state index >= 15 is 0 Å². The van der Waals surface area contributed by atoms with Crippen LogP contribution in [0.25, 0.3) is 0 Å². The van der Waals surface area contributed by atoms with Gasteiger partial charge in [-0.15, -0.1) is 0 Å². The van der Waals surface area contributed by atoms with Crippen LogP contribution in [0.15, 0.2) is 48.5 Å². The number of amides is 2. The molecule has 2 N–H and O–H groups in total. The van der Waals surface area contributed by atoms with Crippen LogP contribution in [-0.2, 0) is 14.3 Å². The molecular formula is C19H19FN2O5. The Bertz CT molecular complexity index is 808. The van der Waals surface area contributed by atoms with Gasteiger partial charge in [-0.1, -0.05) is 6.07 Å². The standard InChI is InChI=1S/C19H19FN2O5/c1-2-26-16-8-6-15(7-9-16)22-17(23)12-27-18(24)11-21-19(25)13-4-3-5-14(20)10-13/h3-10H,2,11-12H2,1H3,(H,21,25)(H,22,23). The van der Waals surface area contributed by atoms with Crippen molar-refractivity contribution in [1.82, 2.24) is 5.32 Å². The van der Waals surface area contributed by atoms with Crippen molar-refractivity contribution in [3.8, 4) is 5.75 Å². The van der Waals surface area contributed by atoms with E-state index in [0.717, 1.165) is 6.07 Å². The van der Waals surface area contributed by atoms with Gasteiger partial charge in [0, 0.05) is 11.3 Å². The first-order valence-electron chi connectivity index (χ1n) is 8.20. The summed E-state index contributed by atoms with van der Waals surface area (Å²) >= 11 is 0. The molecule has 0 heterocycles. The average molecular weight is 374 g/mol. The maximum absolute atomic E-state index is 13.1. The third-order valence-corrected chi connectivity index (χ3v) is 3.29. The van der Waals surface area contributed by atoms with Crippen molar-refractivity contribution in [2.24, 2.45) is 0 Å². The zero-order valence-electron chi connectivity index (χ0n) is 14.7. The highest BCUT2D eigenvalue weighted by Crippen LogP contribution is 2.15. The molecule has 0 saturated heterocycles. The van der Waals surface area contributed by atoms with Crippen LogP contribution >= 0.6 is 0 Å². The maximum Gasteiger partial charge on any atom is 0.325 e. The Hall–Kier alpha value is -3.42. The summed E-state index contributed by atoms with van der Waals surface area (Å²) in [5, 5.41) is 4.85. The summed E-state index contributed by atoms with van der Waals surface area (Å²) in [6.45, 7) is 1.47. The van der Waals surface area contributed by atoms with Crippen molar-refractivity contribution >= 4 is 23.5 Å². The van der Waals surface area contributed by atoms with Gasteiger partial charge in [-0.05, 0) is 49.4 Å². The molecule has 0 aliphatic heterocycles. The van der Waals surface area contributed by atoms with Gasteiger partial charge in [-0.3, -0.25) is 14.4 Å². The van der Waals surface area contributed by atoms with E-state index in [4.69, 9.17) is 9.47 Å². The third kappa shape index (κ3) is 6.77. The van der Waals surface area contributed by atoms with Crippen molar-refractivity contribution in [3.63, 3.8) is 0 Å². The molecule has 2 rings (SSSR count). The summed E-state index contributed by atoms with van der Waals surface area (Å²) < 4.78 is 23.1. The normalized spacial score (nSPS) is 10.0. The highest BCUT2D eigenvalue weighted by molar-refractivity contribution is 5.96. The predicted octanol–water partition coefficient (Wildman–Crippen LogP) is 2.14. The largest absolute Gasteiger partial charge is 0.494 e. The Morgan fingerprint density at radius 2 is 1.81 bits per heavy atom. The van der Waals surface area contributed by atoms with Crippen LogP contribution in [-0.4, -0.2) is 37.5 Å². The second-order valence-corrected chi connectivity index (χ2v) is 5.36. The fourth-order valence-electron chi connectivity index (χ4n) is 2.08. The van der Waals surface area contributed by atoms with Gasteiger partial charge in [-0.2, -0.15) is 0 Å². The van der Waals surface area contributed by atoms with Crippen LogP contribution in [0.3, 0.4) is 0 Å². The van der Waals surface area contributed by atoms with Crippen LogP contribution in [0.4, 0.5) is 10.1 Å². The van der Waals surface area contributed by atoms with E-state index in [0.29, 0.717) is 18.0 Å². The van der Waals surface area contributed by atoms with Crippen LogP contribution in [0.2, 0.25) is 0 Å². The molecule has 142 valence electrons. The van der Waals surface area contributed by atoms with Gasteiger partial charge >= 0.3 is 5.97 Å². The van der Waals surface area contributed by atoms with Crippen LogP contribution in [0.1, 0.15) is 17.3 Å². The minimum atomic E-state index is -0.790. The van der Waals surface area contributed by atoms with Crippen molar-refractivity contribution < 1.29 is 28.2 Å². The molecule has 0 aromatic heterocycles. The molecule has 0 saturated carbocycles. The number of carbonyl (C=O) groups is 3. The molecular weight excluding hydrogens is 355 g/mol. The van der Waals surface area contributed by atoms with E-state index in [1.165, 1.54) is 18.2 Å². The minimum absolute atomic E-state index is 0.0797. The van der Waals surface area contributed by atoms with Gasteiger partial charge in [-0.25, -0.2) is 4.39 Å². The second kappa shape index (κ2) is 9.91. The lowest BCUT2D eigenvalue weighted by molar-refractivity contribution is -0.146. The molecule has 2 amide bonds. The molecule has 2 aromatic carbocycles. The number of hydrogen-bond donors (Lipinski definition) is 2. The molecule has 0 aliphatic rings. The van der Waals surface area contributed by atoms with Crippen molar-refractivity contribution in [2.45, 2.75) is 6.92 Å². The molecule has 0 bridgehead atoms. The van der Waals surface area contributed by atoms with Crippen LogP contribution in [0.5, 0.6) is 5.75 Å². The topological polar surface area (TPSA) is 93.7 Å². The van der Waals surface area contributed by atoms with E-state index in [1.54, 1.807) is 24.3 Å². The number of carbonyl (C=O) groups excluding carboxylic acids is 3. The van der Waals surface area contributed by atoms with E-state index in [1.807, 2.05) is 6.92 Å². The quantitative estimate of drug-likeness (QED) is 0.691. The molecule has 0 unspecified atom stereocenters. The Labute approximate surface area is 155 Å². The fourth-order valence-corrected chi connectivity index (χ4v) is 2.08. The number of rotatable bonds is 8. The molecule has 0 radical (unpaired) electrons. The van der Waals surface area contributed by atoms with Gasteiger partial charge < -0.3 is 20.1 Å². The summed E-state index contributed by atoms with van der Waals surface area (Å²) in [5.74, 6) is -1.82. The monoisotopic (exact) mass is 374 g/mol. The number of esters is 1. The number of anilines is 1. The second-order valence-electron chi connectivity index (χ2n) is 5.36. The molecule has 7 nitrogen and oxygen atoms in total. The van der Waals surface area contributed by atoms with Gasteiger partial charge in [0.2, 0.25) is 0 Å². The van der Waals surface area contributed by atoms with E-state index in [9.17, 15) is 18.8 Å².